The Labute approximate surface area is 186 Å². The number of fused-ring (bicyclic) bond motifs is 2. The average molecular weight is 451 g/mol. The minimum Gasteiger partial charge on any atom is -0.494 e. The zero-order valence-corrected chi connectivity index (χ0v) is 18.1. The van der Waals surface area contributed by atoms with Gasteiger partial charge in [-0.15, -0.1) is 10.2 Å². The Balaban J connectivity index is 1.77. The SMILES string of the molecule is CCOc1ccc2c(=O)c3c(oc2c1)C(=O)N(c1nnc(CC)s1)C3c1cccc(F)c1. The van der Waals surface area contributed by atoms with Gasteiger partial charge in [0.25, 0.3) is 5.91 Å². The molecule has 0 aliphatic carbocycles. The Bertz CT molecular complexity index is 1410. The molecule has 1 amide bonds. The van der Waals surface area contributed by atoms with Gasteiger partial charge in [-0.05, 0) is 43.2 Å². The minimum absolute atomic E-state index is 0.0846. The lowest BCUT2D eigenvalue weighted by Gasteiger charge is -2.22. The zero-order chi connectivity index (χ0) is 22.4. The number of halogens is 1. The number of carbonyl (C=O) groups is 1. The van der Waals surface area contributed by atoms with Crippen molar-refractivity contribution in [1.82, 2.24) is 10.2 Å². The van der Waals surface area contributed by atoms with Gasteiger partial charge in [-0.2, -0.15) is 0 Å². The van der Waals surface area contributed by atoms with E-state index in [9.17, 15) is 14.0 Å². The van der Waals surface area contributed by atoms with Gasteiger partial charge in [0, 0.05) is 6.07 Å². The Morgan fingerprint density at radius 3 is 2.72 bits per heavy atom. The van der Waals surface area contributed by atoms with Gasteiger partial charge in [0.1, 0.15) is 22.2 Å². The van der Waals surface area contributed by atoms with Crippen molar-refractivity contribution in [3.8, 4) is 5.75 Å². The topological polar surface area (TPSA) is 85.5 Å². The molecule has 0 radical (unpaired) electrons. The second kappa shape index (κ2) is 7.83. The fourth-order valence-corrected chi connectivity index (χ4v) is 4.69. The lowest BCUT2D eigenvalue weighted by Crippen LogP contribution is -2.29. The quantitative estimate of drug-likeness (QED) is 0.444. The van der Waals surface area contributed by atoms with Crippen molar-refractivity contribution >= 4 is 33.3 Å². The second-order valence-electron chi connectivity index (χ2n) is 7.23. The number of aryl methyl sites for hydroxylation is 1. The molecule has 0 saturated heterocycles. The number of carbonyl (C=O) groups excluding carboxylic acids is 1. The third-order valence-corrected chi connectivity index (χ3v) is 6.35. The maximum Gasteiger partial charge on any atom is 0.297 e. The fraction of sp³-hybridized carbons (Fsp3) is 0.217. The van der Waals surface area contributed by atoms with Crippen LogP contribution in [-0.2, 0) is 6.42 Å². The van der Waals surface area contributed by atoms with E-state index in [0.29, 0.717) is 34.9 Å². The summed E-state index contributed by atoms with van der Waals surface area (Å²) < 4.78 is 25.5. The first-order valence-corrected chi connectivity index (χ1v) is 11.0. The Kier molecular flexibility index (Phi) is 4.97. The first kappa shape index (κ1) is 20.3. The molecular formula is C23H18FN3O4S. The van der Waals surface area contributed by atoms with Crippen LogP contribution in [-0.4, -0.2) is 22.7 Å². The molecule has 9 heteroatoms. The summed E-state index contributed by atoms with van der Waals surface area (Å²) in [7, 11) is 0. The summed E-state index contributed by atoms with van der Waals surface area (Å²) in [5.41, 5.74) is 0.502. The van der Waals surface area contributed by atoms with Crippen LogP contribution in [0.1, 0.15) is 46.6 Å². The maximum absolute atomic E-state index is 14.1. The highest BCUT2D eigenvalue weighted by Crippen LogP contribution is 2.42. The summed E-state index contributed by atoms with van der Waals surface area (Å²) in [5, 5.41) is 9.64. The number of hydrogen-bond donors (Lipinski definition) is 0. The molecule has 3 heterocycles. The van der Waals surface area contributed by atoms with E-state index in [0.717, 1.165) is 5.01 Å². The first-order valence-electron chi connectivity index (χ1n) is 10.2. The number of hydrogen-bond acceptors (Lipinski definition) is 7. The molecule has 0 spiro atoms. The fourth-order valence-electron chi connectivity index (χ4n) is 3.88. The number of nitrogens with zero attached hydrogens (tertiary/aromatic N) is 3. The minimum atomic E-state index is -0.877. The van der Waals surface area contributed by atoms with Crippen molar-refractivity contribution in [3.05, 3.63) is 80.4 Å². The van der Waals surface area contributed by atoms with E-state index < -0.39 is 17.8 Å². The van der Waals surface area contributed by atoms with Crippen LogP contribution in [0.3, 0.4) is 0 Å². The molecule has 1 unspecified atom stereocenters. The van der Waals surface area contributed by atoms with E-state index in [4.69, 9.17) is 9.15 Å². The van der Waals surface area contributed by atoms with Gasteiger partial charge in [0.05, 0.1) is 23.6 Å². The third kappa shape index (κ3) is 3.16. The van der Waals surface area contributed by atoms with Crippen molar-refractivity contribution in [2.75, 3.05) is 11.5 Å². The number of amides is 1. The maximum atomic E-state index is 14.1. The van der Waals surface area contributed by atoms with Gasteiger partial charge >= 0.3 is 0 Å². The predicted octanol–water partition coefficient (Wildman–Crippen LogP) is 4.49. The summed E-state index contributed by atoms with van der Waals surface area (Å²) in [5.74, 6) is -0.544. The van der Waals surface area contributed by atoms with Crippen LogP contribution < -0.4 is 15.1 Å². The monoisotopic (exact) mass is 451 g/mol. The molecule has 0 fully saturated rings. The average Bonchev–Trinajstić information content (AvgIpc) is 3.37. The van der Waals surface area contributed by atoms with Crippen LogP contribution in [0.2, 0.25) is 0 Å². The van der Waals surface area contributed by atoms with Gasteiger partial charge in [-0.25, -0.2) is 4.39 Å². The molecule has 32 heavy (non-hydrogen) atoms. The normalized spacial score (nSPS) is 15.4. The standard InChI is InChI=1S/C23H18FN3O4S/c1-3-17-25-26-23(32-17)27-19(12-6-5-7-13(24)10-12)18-20(28)15-9-8-14(30-4-2)11-16(15)31-21(18)22(27)29/h5-11,19H,3-4H2,1-2H3. The molecule has 7 nitrogen and oxygen atoms in total. The summed E-state index contributed by atoms with van der Waals surface area (Å²) >= 11 is 1.25. The molecule has 1 atom stereocenters. The van der Waals surface area contributed by atoms with Crippen molar-refractivity contribution in [2.45, 2.75) is 26.3 Å². The smallest absolute Gasteiger partial charge is 0.297 e. The van der Waals surface area contributed by atoms with Gasteiger partial charge < -0.3 is 9.15 Å². The van der Waals surface area contributed by atoms with Gasteiger partial charge in [-0.1, -0.05) is 30.4 Å². The number of anilines is 1. The van der Waals surface area contributed by atoms with E-state index in [1.807, 2.05) is 13.8 Å². The van der Waals surface area contributed by atoms with E-state index in [1.54, 1.807) is 30.3 Å². The molecule has 4 aromatic rings. The summed E-state index contributed by atoms with van der Waals surface area (Å²) in [6, 6.07) is 9.84. The molecule has 1 aliphatic heterocycles. The van der Waals surface area contributed by atoms with Crippen molar-refractivity contribution < 1.29 is 18.3 Å². The van der Waals surface area contributed by atoms with Crippen LogP contribution in [0.15, 0.2) is 51.7 Å². The number of ether oxygens (including phenoxy) is 1. The van der Waals surface area contributed by atoms with E-state index in [-0.39, 0.29) is 22.3 Å². The molecule has 0 bridgehead atoms. The van der Waals surface area contributed by atoms with E-state index in [1.165, 1.54) is 28.4 Å². The summed E-state index contributed by atoms with van der Waals surface area (Å²) in [4.78, 5) is 28.4. The van der Waals surface area contributed by atoms with Crippen molar-refractivity contribution in [2.24, 2.45) is 0 Å². The molecule has 0 N–H and O–H groups in total. The number of rotatable bonds is 5. The van der Waals surface area contributed by atoms with Crippen LogP contribution in [0.4, 0.5) is 9.52 Å². The molecule has 2 aromatic carbocycles. The molecule has 5 rings (SSSR count). The second-order valence-corrected chi connectivity index (χ2v) is 8.27. The Morgan fingerprint density at radius 1 is 1.16 bits per heavy atom. The summed E-state index contributed by atoms with van der Waals surface area (Å²) in [6.07, 6.45) is 0.651. The number of benzene rings is 2. The van der Waals surface area contributed by atoms with E-state index >= 15 is 0 Å². The van der Waals surface area contributed by atoms with Crippen LogP contribution >= 0.6 is 11.3 Å². The highest BCUT2D eigenvalue weighted by atomic mass is 32.1. The van der Waals surface area contributed by atoms with Gasteiger partial charge in [0.2, 0.25) is 10.9 Å². The largest absolute Gasteiger partial charge is 0.494 e. The first-order chi connectivity index (χ1) is 15.5. The van der Waals surface area contributed by atoms with E-state index in [2.05, 4.69) is 10.2 Å². The third-order valence-electron chi connectivity index (χ3n) is 5.28. The van der Waals surface area contributed by atoms with Crippen LogP contribution in [0, 0.1) is 5.82 Å². The highest BCUT2D eigenvalue weighted by molar-refractivity contribution is 7.15. The van der Waals surface area contributed by atoms with Crippen LogP contribution in [0.25, 0.3) is 11.0 Å². The molecule has 1 aliphatic rings. The number of aromatic nitrogens is 2. The lowest BCUT2D eigenvalue weighted by atomic mass is 9.98. The predicted molar refractivity (Wildman–Crippen MR) is 118 cm³/mol. The van der Waals surface area contributed by atoms with Gasteiger partial charge in [0.15, 0.2) is 5.43 Å². The Hall–Kier alpha value is -3.59. The zero-order valence-electron chi connectivity index (χ0n) is 17.3. The molecular weight excluding hydrogens is 433 g/mol. The van der Waals surface area contributed by atoms with Gasteiger partial charge in [-0.3, -0.25) is 14.5 Å². The molecule has 2 aromatic heterocycles. The van der Waals surface area contributed by atoms with Crippen molar-refractivity contribution in [1.29, 1.82) is 0 Å². The Morgan fingerprint density at radius 2 is 2.00 bits per heavy atom. The molecule has 162 valence electrons. The lowest BCUT2D eigenvalue weighted by molar-refractivity contribution is 0.0970. The molecule has 0 saturated carbocycles. The van der Waals surface area contributed by atoms with Crippen molar-refractivity contribution in [3.63, 3.8) is 0 Å². The van der Waals surface area contributed by atoms with Crippen LogP contribution in [0.5, 0.6) is 5.75 Å². The summed E-state index contributed by atoms with van der Waals surface area (Å²) in [6.45, 7) is 4.23. The highest BCUT2D eigenvalue weighted by Gasteiger charge is 2.45.